The van der Waals surface area contributed by atoms with Gasteiger partial charge < -0.3 is 0 Å². The average Bonchev–Trinajstić information content (AvgIpc) is 2.72. The van der Waals surface area contributed by atoms with E-state index in [9.17, 15) is 4.79 Å². The van der Waals surface area contributed by atoms with Crippen LogP contribution in [-0.2, 0) is 6.54 Å². The molecule has 0 fully saturated rings. The van der Waals surface area contributed by atoms with Crippen molar-refractivity contribution in [3.05, 3.63) is 100 Å². The van der Waals surface area contributed by atoms with Crippen molar-refractivity contribution >= 4 is 27.6 Å². The minimum absolute atomic E-state index is 0.117. The van der Waals surface area contributed by atoms with Gasteiger partial charge in [0.1, 0.15) is 5.49 Å². The molecule has 2 heterocycles. The van der Waals surface area contributed by atoms with E-state index in [1.165, 1.54) is 0 Å². The Balaban J connectivity index is 1.99. The van der Waals surface area contributed by atoms with Crippen molar-refractivity contribution in [1.29, 1.82) is 5.41 Å². The van der Waals surface area contributed by atoms with Gasteiger partial charge in [-0.25, -0.2) is 9.38 Å². The molecule has 0 radical (unpaired) electrons. The Morgan fingerprint density at radius 1 is 0.815 bits per heavy atom. The minimum atomic E-state index is -0.117. The molecule has 0 amide bonds. The van der Waals surface area contributed by atoms with Gasteiger partial charge in [-0.3, -0.25) is 14.8 Å². The van der Waals surface area contributed by atoms with Gasteiger partial charge in [0.15, 0.2) is 0 Å². The summed E-state index contributed by atoms with van der Waals surface area (Å²) in [7, 11) is 0. The van der Waals surface area contributed by atoms with Gasteiger partial charge in [-0.2, -0.15) is 0 Å². The molecule has 0 atom stereocenters. The maximum absolute atomic E-state index is 13.3. The fourth-order valence-electron chi connectivity index (χ4n) is 3.55. The molecule has 5 nitrogen and oxygen atoms in total. The summed E-state index contributed by atoms with van der Waals surface area (Å²) in [6.45, 7) is 0.471. The van der Waals surface area contributed by atoms with Crippen molar-refractivity contribution < 1.29 is 0 Å². The first-order valence-corrected chi connectivity index (χ1v) is 8.75. The number of para-hydroxylation sites is 2. The quantitative estimate of drug-likeness (QED) is 0.391. The maximum Gasteiger partial charge on any atom is 0.267 e. The van der Waals surface area contributed by atoms with E-state index in [1.807, 2.05) is 72.8 Å². The van der Waals surface area contributed by atoms with Gasteiger partial charge >= 0.3 is 0 Å². The van der Waals surface area contributed by atoms with Gasteiger partial charge in [0.05, 0.1) is 23.0 Å². The molecule has 0 aliphatic carbocycles. The Kier molecular flexibility index (Phi) is 3.40. The summed E-state index contributed by atoms with van der Waals surface area (Å²) in [4.78, 5) is 18.0. The van der Waals surface area contributed by atoms with E-state index in [2.05, 4.69) is 0 Å². The first-order chi connectivity index (χ1) is 13.2. The number of benzene rings is 3. The normalized spacial score (nSPS) is 11.4. The second-order valence-electron chi connectivity index (χ2n) is 6.51. The summed E-state index contributed by atoms with van der Waals surface area (Å²) in [5, 5.41) is 10.1. The van der Waals surface area contributed by atoms with Crippen LogP contribution in [0.2, 0.25) is 0 Å². The van der Waals surface area contributed by atoms with Crippen molar-refractivity contribution in [2.24, 2.45) is 0 Å². The lowest BCUT2D eigenvalue weighted by molar-refractivity contribution is 0.736. The summed E-state index contributed by atoms with van der Waals surface area (Å²) in [5.74, 6) is 0.478. The van der Waals surface area contributed by atoms with E-state index in [-0.39, 0.29) is 5.56 Å². The van der Waals surface area contributed by atoms with E-state index >= 15 is 0 Å². The van der Waals surface area contributed by atoms with Crippen molar-refractivity contribution in [1.82, 2.24) is 14.0 Å². The third-order valence-corrected chi connectivity index (χ3v) is 4.85. The number of nitrogens with zero attached hydrogens (tertiary/aromatic N) is 3. The molecular weight excluding hydrogens is 336 g/mol. The van der Waals surface area contributed by atoms with Gasteiger partial charge in [0.25, 0.3) is 5.56 Å². The molecule has 5 rings (SSSR count). The van der Waals surface area contributed by atoms with Gasteiger partial charge in [-0.05, 0) is 29.8 Å². The van der Waals surface area contributed by atoms with Crippen molar-refractivity contribution in [3.8, 4) is 0 Å². The van der Waals surface area contributed by atoms with Crippen molar-refractivity contribution in [2.75, 3.05) is 0 Å². The van der Waals surface area contributed by atoms with E-state index in [0.29, 0.717) is 34.2 Å². The van der Waals surface area contributed by atoms with Crippen LogP contribution in [0.4, 0.5) is 0 Å². The molecule has 0 bridgehead atoms. The molecule has 0 saturated carbocycles. The summed E-state index contributed by atoms with van der Waals surface area (Å²) in [5.41, 5.74) is 2.62. The zero-order chi connectivity index (χ0) is 18.4. The molecule has 130 valence electrons. The third-order valence-electron chi connectivity index (χ3n) is 4.85. The zero-order valence-electron chi connectivity index (χ0n) is 14.5. The topological polar surface area (TPSA) is 63.1 Å². The number of nitrogens with one attached hydrogen (secondary N) is 1. The Morgan fingerprint density at radius 3 is 2.30 bits per heavy atom. The highest BCUT2D eigenvalue weighted by Crippen LogP contribution is 2.15. The van der Waals surface area contributed by atoms with E-state index in [0.717, 1.165) is 10.9 Å². The van der Waals surface area contributed by atoms with Crippen LogP contribution in [-0.4, -0.2) is 14.0 Å². The van der Waals surface area contributed by atoms with Crippen LogP contribution >= 0.6 is 0 Å². The SMILES string of the molecule is N=c1c2ccccc2n2c(=O)c3ccccc3nc2n1Cc1ccccc1. The molecule has 0 aliphatic rings. The third kappa shape index (κ3) is 2.36. The number of hydrogen-bond acceptors (Lipinski definition) is 3. The molecule has 0 spiro atoms. The number of fused-ring (bicyclic) bond motifs is 4. The summed E-state index contributed by atoms with van der Waals surface area (Å²) < 4.78 is 3.42. The van der Waals surface area contributed by atoms with Crippen LogP contribution in [0.5, 0.6) is 0 Å². The molecular formula is C22H16N4O. The predicted octanol–water partition coefficient (Wildman–Crippen LogP) is 3.33. The molecule has 5 heteroatoms. The molecule has 2 aromatic heterocycles. The smallest absolute Gasteiger partial charge is 0.267 e. The fraction of sp³-hybridized carbons (Fsp3) is 0.0455. The zero-order valence-corrected chi connectivity index (χ0v) is 14.5. The average molecular weight is 352 g/mol. The summed E-state index contributed by atoms with van der Waals surface area (Å²) >= 11 is 0. The van der Waals surface area contributed by atoms with Crippen molar-refractivity contribution in [3.63, 3.8) is 0 Å². The van der Waals surface area contributed by atoms with Crippen LogP contribution in [0.25, 0.3) is 27.6 Å². The first-order valence-electron chi connectivity index (χ1n) is 8.75. The lowest BCUT2D eigenvalue weighted by Crippen LogP contribution is -2.29. The molecule has 1 N–H and O–H groups in total. The van der Waals surface area contributed by atoms with Gasteiger partial charge in [0, 0.05) is 5.39 Å². The van der Waals surface area contributed by atoms with Crippen molar-refractivity contribution in [2.45, 2.75) is 6.54 Å². The fourth-order valence-corrected chi connectivity index (χ4v) is 3.55. The van der Waals surface area contributed by atoms with E-state index < -0.39 is 0 Å². The monoisotopic (exact) mass is 352 g/mol. The maximum atomic E-state index is 13.3. The Hall–Kier alpha value is -3.73. The largest absolute Gasteiger partial charge is 0.291 e. The minimum Gasteiger partial charge on any atom is -0.291 e. The molecule has 0 aliphatic heterocycles. The lowest BCUT2D eigenvalue weighted by Gasteiger charge is -2.15. The van der Waals surface area contributed by atoms with Crippen LogP contribution in [0.15, 0.2) is 83.7 Å². The molecule has 5 aromatic rings. The second kappa shape index (κ2) is 5.92. The van der Waals surface area contributed by atoms with E-state index in [4.69, 9.17) is 10.4 Å². The van der Waals surface area contributed by atoms with Crippen LogP contribution in [0.1, 0.15) is 5.56 Å². The first kappa shape index (κ1) is 15.5. The van der Waals surface area contributed by atoms with Gasteiger partial charge in [0.2, 0.25) is 5.78 Å². The number of rotatable bonds is 2. The molecule has 3 aromatic carbocycles. The standard InChI is InChI=1S/C22H16N4O/c23-20-17-11-5-7-13-19(17)26-21(27)16-10-4-6-12-18(16)24-22(26)25(20)14-15-8-2-1-3-9-15/h1-13,23H,14H2. The highest BCUT2D eigenvalue weighted by Gasteiger charge is 2.14. The lowest BCUT2D eigenvalue weighted by atomic mass is 10.2. The molecule has 27 heavy (non-hydrogen) atoms. The number of aromatic nitrogens is 3. The Bertz CT molecular complexity index is 1430. The summed E-state index contributed by atoms with van der Waals surface area (Å²) in [6.07, 6.45) is 0. The second-order valence-corrected chi connectivity index (χ2v) is 6.51. The number of hydrogen-bond donors (Lipinski definition) is 1. The predicted molar refractivity (Wildman–Crippen MR) is 106 cm³/mol. The van der Waals surface area contributed by atoms with Crippen LogP contribution in [0, 0.1) is 5.41 Å². The van der Waals surface area contributed by atoms with Crippen LogP contribution < -0.4 is 11.0 Å². The summed E-state index contributed by atoms with van der Waals surface area (Å²) in [6, 6.07) is 24.8. The Labute approximate surface area is 154 Å². The highest BCUT2D eigenvalue weighted by molar-refractivity contribution is 5.84. The van der Waals surface area contributed by atoms with Gasteiger partial charge in [-0.15, -0.1) is 0 Å². The van der Waals surface area contributed by atoms with Gasteiger partial charge in [-0.1, -0.05) is 54.6 Å². The van der Waals surface area contributed by atoms with Crippen LogP contribution in [0.3, 0.4) is 0 Å². The molecule has 0 unspecified atom stereocenters. The molecule has 0 saturated heterocycles. The van der Waals surface area contributed by atoms with E-state index in [1.54, 1.807) is 15.0 Å². The highest BCUT2D eigenvalue weighted by atomic mass is 16.1. The Morgan fingerprint density at radius 2 is 1.48 bits per heavy atom.